The minimum Gasteiger partial charge on any atom is -0.475 e. The molecule has 1 amide bonds. The minimum atomic E-state index is -5.08. The fourth-order valence-electron chi connectivity index (χ4n) is 2.49. The van der Waals surface area contributed by atoms with Crippen molar-refractivity contribution in [1.29, 1.82) is 0 Å². The smallest absolute Gasteiger partial charge is 0.475 e. The van der Waals surface area contributed by atoms with Gasteiger partial charge in [-0.15, -0.1) is 0 Å². The van der Waals surface area contributed by atoms with Crippen molar-refractivity contribution in [2.45, 2.75) is 32.1 Å². The topological polar surface area (TPSA) is 96.3 Å². The van der Waals surface area contributed by atoms with Gasteiger partial charge < -0.3 is 15.7 Å². The van der Waals surface area contributed by atoms with Crippen LogP contribution in [0.3, 0.4) is 0 Å². The first-order chi connectivity index (χ1) is 12.7. The number of aliphatic carboxylic acids is 1. The molecule has 0 saturated heterocycles. The van der Waals surface area contributed by atoms with Crippen molar-refractivity contribution in [2.75, 3.05) is 11.9 Å². The van der Waals surface area contributed by atoms with Gasteiger partial charge in [0.05, 0.1) is 6.54 Å². The molecule has 0 bridgehead atoms. The fraction of sp³-hybridized carbons (Fsp3) is 0.353. The van der Waals surface area contributed by atoms with Gasteiger partial charge in [-0.05, 0) is 43.2 Å². The fourth-order valence-corrected chi connectivity index (χ4v) is 2.49. The van der Waals surface area contributed by atoms with E-state index in [-0.39, 0.29) is 11.9 Å². The third-order valence-electron chi connectivity index (χ3n) is 3.72. The summed E-state index contributed by atoms with van der Waals surface area (Å²) in [6.07, 6.45) is -0.467. The Kier molecular flexibility index (Phi) is 6.43. The Labute approximate surface area is 153 Å². The predicted molar refractivity (Wildman–Crippen MR) is 91.5 cm³/mol. The number of nitrogens with one attached hydrogen (secondary N) is 2. The number of fused-ring (bicyclic) bond motifs is 1. The number of anilines is 1. The van der Waals surface area contributed by atoms with Crippen LogP contribution in [-0.2, 0) is 17.8 Å². The number of benzene rings is 1. The second kappa shape index (κ2) is 8.56. The van der Waals surface area contributed by atoms with Crippen LogP contribution in [0.5, 0.6) is 0 Å². The van der Waals surface area contributed by atoms with Gasteiger partial charge in [-0.1, -0.05) is 0 Å². The summed E-state index contributed by atoms with van der Waals surface area (Å²) in [6, 6.07) is 7.74. The molecule has 1 aromatic carbocycles. The average molecular weight is 384 g/mol. The van der Waals surface area contributed by atoms with E-state index in [9.17, 15) is 18.0 Å². The highest BCUT2D eigenvalue weighted by Crippen LogP contribution is 2.22. The van der Waals surface area contributed by atoms with Crippen molar-refractivity contribution in [1.82, 2.24) is 15.1 Å². The van der Waals surface area contributed by atoms with Crippen LogP contribution in [0.4, 0.5) is 18.9 Å². The Hall–Kier alpha value is -3.04. The van der Waals surface area contributed by atoms with E-state index in [4.69, 9.17) is 9.90 Å². The maximum absolute atomic E-state index is 12.2. The first-order valence-electron chi connectivity index (χ1n) is 8.12. The van der Waals surface area contributed by atoms with Crippen LogP contribution in [-0.4, -0.2) is 45.5 Å². The molecule has 1 atom stereocenters. The summed E-state index contributed by atoms with van der Waals surface area (Å²) in [5.74, 6) is -2.79. The molecule has 3 rings (SSSR count). The van der Waals surface area contributed by atoms with E-state index in [0.29, 0.717) is 6.54 Å². The number of carbonyl (C=O) groups is 2. The number of rotatable bonds is 4. The lowest BCUT2D eigenvalue weighted by Gasteiger charge is -2.14. The Morgan fingerprint density at radius 1 is 1.41 bits per heavy atom. The van der Waals surface area contributed by atoms with Crippen LogP contribution in [0.15, 0.2) is 36.7 Å². The molecule has 2 aromatic rings. The van der Waals surface area contributed by atoms with E-state index in [0.717, 1.165) is 24.2 Å². The number of nitrogens with zero attached hydrogens (tertiary/aromatic N) is 2. The van der Waals surface area contributed by atoms with Crippen molar-refractivity contribution in [3.63, 3.8) is 0 Å². The molecular formula is C17H19F3N4O3. The molecule has 2 heterocycles. The van der Waals surface area contributed by atoms with E-state index in [1.165, 1.54) is 5.56 Å². The normalized spacial score (nSPS) is 13.6. The second-order valence-corrected chi connectivity index (χ2v) is 5.95. The number of aromatic nitrogens is 2. The zero-order valence-electron chi connectivity index (χ0n) is 14.5. The molecule has 1 aromatic heterocycles. The number of halogens is 3. The van der Waals surface area contributed by atoms with Crippen molar-refractivity contribution < 1.29 is 27.9 Å². The maximum Gasteiger partial charge on any atom is 0.490 e. The molecule has 10 heteroatoms. The molecule has 0 fully saturated rings. The quantitative estimate of drug-likeness (QED) is 0.752. The molecule has 0 saturated carbocycles. The Morgan fingerprint density at radius 3 is 2.70 bits per heavy atom. The highest BCUT2D eigenvalue weighted by atomic mass is 19.4. The zero-order valence-corrected chi connectivity index (χ0v) is 14.5. The average Bonchev–Trinajstić information content (AvgIpc) is 3.24. The summed E-state index contributed by atoms with van der Waals surface area (Å²) in [4.78, 5) is 21.1. The number of hydrogen-bond acceptors (Lipinski definition) is 4. The van der Waals surface area contributed by atoms with Gasteiger partial charge in [0.2, 0.25) is 0 Å². The highest BCUT2D eigenvalue weighted by Gasteiger charge is 2.38. The SMILES string of the molecule is CC(Cn1cccn1)NC(=O)c1ccc2c(c1)CCN2.O=C(O)C(F)(F)F. The number of hydrogen-bond donors (Lipinski definition) is 3. The molecule has 3 N–H and O–H groups in total. The molecule has 27 heavy (non-hydrogen) atoms. The number of carboxylic acid groups (broad SMARTS) is 1. The third-order valence-corrected chi connectivity index (χ3v) is 3.72. The van der Waals surface area contributed by atoms with Crippen LogP contribution in [0, 0.1) is 0 Å². The number of amides is 1. The molecule has 146 valence electrons. The van der Waals surface area contributed by atoms with Gasteiger partial charge >= 0.3 is 12.1 Å². The van der Waals surface area contributed by atoms with Crippen molar-refractivity contribution in [2.24, 2.45) is 0 Å². The van der Waals surface area contributed by atoms with E-state index >= 15 is 0 Å². The van der Waals surface area contributed by atoms with E-state index in [1.54, 1.807) is 6.20 Å². The van der Waals surface area contributed by atoms with Gasteiger partial charge in [0, 0.05) is 36.2 Å². The minimum absolute atomic E-state index is 0.0284. The highest BCUT2D eigenvalue weighted by molar-refractivity contribution is 5.95. The standard InChI is InChI=1S/C15H18N4O.C2HF3O2/c1-11(10-19-8-2-6-17-19)18-15(20)13-3-4-14-12(9-13)5-7-16-14;3-2(4,5)1(6)7/h2-4,6,8-9,11,16H,5,7,10H2,1H3,(H,18,20);(H,6,7). The maximum atomic E-state index is 12.2. The third kappa shape index (κ3) is 6.01. The molecule has 1 unspecified atom stereocenters. The summed E-state index contributed by atoms with van der Waals surface area (Å²) in [7, 11) is 0. The van der Waals surface area contributed by atoms with Gasteiger partial charge in [-0.3, -0.25) is 9.48 Å². The van der Waals surface area contributed by atoms with Gasteiger partial charge in [0.15, 0.2) is 0 Å². The second-order valence-electron chi connectivity index (χ2n) is 5.95. The predicted octanol–water partition coefficient (Wildman–Crippen LogP) is 2.30. The molecule has 1 aliphatic rings. The summed E-state index contributed by atoms with van der Waals surface area (Å²) in [6.45, 7) is 3.61. The van der Waals surface area contributed by atoms with Crippen molar-refractivity contribution >= 4 is 17.6 Å². The van der Waals surface area contributed by atoms with E-state index in [1.807, 2.05) is 42.1 Å². The van der Waals surface area contributed by atoms with Crippen LogP contribution in [0.25, 0.3) is 0 Å². The largest absolute Gasteiger partial charge is 0.490 e. The molecule has 1 aliphatic heterocycles. The molecule has 0 radical (unpaired) electrons. The number of alkyl halides is 3. The molecule has 7 nitrogen and oxygen atoms in total. The van der Waals surface area contributed by atoms with Crippen LogP contribution >= 0.6 is 0 Å². The summed E-state index contributed by atoms with van der Waals surface area (Å²) in [5.41, 5.74) is 3.09. The van der Waals surface area contributed by atoms with Gasteiger partial charge in [-0.2, -0.15) is 18.3 Å². The zero-order chi connectivity index (χ0) is 20.0. The van der Waals surface area contributed by atoms with Crippen LogP contribution in [0.2, 0.25) is 0 Å². The van der Waals surface area contributed by atoms with Crippen molar-refractivity contribution in [3.05, 3.63) is 47.8 Å². The molecule has 0 aliphatic carbocycles. The molecular weight excluding hydrogens is 365 g/mol. The Bertz CT molecular complexity index is 791. The first-order valence-corrected chi connectivity index (χ1v) is 8.12. The Morgan fingerprint density at radius 2 is 2.11 bits per heavy atom. The number of carbonyl (C=O) groups excluding carboxylic acids is 1. The number of carboxylic acids is 1. The lowest BCUT2D eigenvalue weighted by molar-refractivity contribution is -0.192. The van der Waals surface area contributed by atoms with Crippen LogP contribution in [0.1, 0.15) is 22.8 Å². The summed E-state index contributed by atoms with van der Waals surface area (Å²) in [5, 5.41) is 17.6. The lowest BCUT2D eigenvalue weighted by Crippen LogP contribution is -2.35. The van der Waals surface area contributed by atoms with Crippen LogP contribution < -0.4 is 10.6 Å². The van der Waals surface area contributed by atoms with E-state index in [2.05, 4.69) is 15.7 Å². The van der Waals surface area contributed by atoms with E-state index < -0.39 is 12.1 Å². The van der Waals surface area contributed by atoms with Gasteiger partial charge in [0.1, 0.15) is 0 Å². The molecule has 0 spiro atoms. The lowest BCUT2D eigenvalue weighted by atomic mass is 10.1. The Balaban J connectivity index is 0.000000321. The van der Waals surface area contributed by atoms with Gasteiger partial charge in [-0.25, -0.2) is 4.79 Å². The first kappa shape index (κ1) is 20.3. The summed E-state index contributed by atoms with van der Waals surface area (Å²) >= 11 is 0. The van der Waals surface area contributed by atoms with Gasteiger partial charge in [0.25, 0.3) is 5.91 Å². The monoisotopic (exact) mass is 384 g/mol. The summed E-state index contributed by atoms with van der Waals surface area (Å²) < 4.78 is 33.6. The van der Waals surface area contributed by atoms with Crippen molar-refractivity contribution in [3.8, 4) is 0 Å².